The molecule has 0 heterocycles. The lowest BCUT2D eigenvalue weighted by Gasteiger charge is -2.23. The van der Waals surface area contributed by atoms with Crippen LogP contribution < -0.4 is 16.0 Å². The molecule has 0 aliphatic rings. The Balaban J connectivity index is 1.53. The number of hydrogen-bond acceptors (Lipinski definition) is 7. The molecule has 3 N–H and O–H groups in total. The highest BCUT2D eigenvalue weighted by molar-refractivity contribution is 5.95. The summed E-state index contributed by atoms with van der Waals surface area (Å²) in [6.45, 7) is 2.36. The highest BCUT2D eigenvalue weighted by Gasteiger charge is 2.11. The fraction of sp³-hybridized carbons (Fsp3) is 0.200. The zero-order valence-electron chi connectivity index (χ0n) is 21.7. The van der Waals surface area contributed by atoms with E-state index in [1.54, 1.807) is 72.8 Å². The van der Waals surface area contributed by atoms with Crippen LogP contribution in [0.4, 0.5) is 0 Å². The molecule has 0 aliphatic heterocycles. The Morgan fingerprint density at radius 2 is 0.750 bits per heavy atom. The lowest BCUT2D eigenvalue weighted by Crippen LogP contribution is -2.43. The molecule has 0 fully saturated rings. The summed E-state index contributed by atoms with van der Waals surface area (Å²) < 4.78 is 0. The largest absolute Gasteiger partial charge is 0.351 e. The number of carbonyl (C=O) groups excluding carboxylic acids is 3. The van der Waals surface area contributed by atoms with E-state index in [1.165, 1.54) is 0 Å². The van der Waals surface area contributed by atoms with Gasteiger partial charge in [0, 0.05) is 56.0 Å². The van der Waals surface area contributed by atoms with Gasteiger partial charge in [0.2, 0.25) is 0 Å². The Morgan fingerprint density at radius 3 is 0.975 bits per heavy atom. The predicted octanol–water partition coefficient (Wildman–Crippen LogP) is 2.19. The van der Waals surface area contributed by atoms with Gasteiger partial charge in [-0.15, -0.1) is 0 Å². The molecule has 0 spiro atoms. The maximum Gasteiger partial charge on any atom is 0.251 e. The van der Waals surface area contributed by atoms with Gasteiger partial charge in [-0.3, -0.25) is 19.3 Å². The van der Waals surface area contributed by atoms with Crippen molar-refractivity contribution in [3.8, 4) is 18.2 Å². The normalized spacial score (nSPS) is 10.1. The molecule has 0 aromatic heterocycles. The second-order valence-corrected chi connectivity index (χ2v) is 8.68. The Kier molecular flexibility index (Phi) is 10.9. The maximum atomic E-state index is 12.5. The third-order valence-electron chi connectivity index (χ3n) is 5.97. The maximum absolute atomic E-state index is 12.5. The van der Waals surface area contributed by atoms with Crippen molar-refractivity contribution in [2.75, 3.05) is 39.3 Å². The summed E-state index contributed by atoms with van der Waals surface area (Å²) in [4.78, 5) is 39.4. The summed E-state index contributed by atoms with van der Waals surface area (Å²) in [5.74, 6) is -0.812. The van der Waals surface area contributed by atoms with Crippen molar-refractivity contribution in [3.05, 3.63) is 106 Å². The number of nitrogens with one attached hydrogen (secondary N) is 3. The van der Waals surface area contributed by atoms with Gasteiger partial charge in [-0.1, -0.05) is 0 Å². The Labute approximate surface area is 232 Å². The Morgan fingerprint density at radius 1 is 0.500 bits per heavy atom. The summed E-state index contributed by atoms with van der Waals surface area (Å²) in [5.41, 5.74) is 2.72. The van der Waals surface area contributed by atoms with E-state index in [1.807, 2.05) is 23.1 Å². The first-order valence-corrected chi connectivity index (χ1v) is 12.5. The summed E-state index contributed by atoms with van der Waals surface area (Å²) in [5, 5.41) is 35.3. The van der Waals surface area contributed by atoms with E-state index in [0.29, 0.717) is 72.6 Å². The molecule has 3 rings (SSSR count). The van der Waals surface area contributed by atoms with Crippen molar-refractivity contribution in [3.63, 3.8) is 0 Å². The van der Waals surface area contributed by atoms with Gasteiger partial charge in [-0.05, 0) is 72.8 Å². The number of benzene rings is 3. The molecular weight excluding hydrogens is 506 g/mol. The average molecular weight is 534 g/mol. The van der Waals surface area contributed by atoms with Crippen molar-refractivity contribution in [2.45, 2.75) is 0 Å². The lowest BCUT2D eigenvalue weighted by molar-refractivity contribution is 0.0948. The van der Waals surface area contributed by atoms with Crippen LogP contribution in [0.15, 0.2) is 72.8 Å². The van der Waals surface area contributed by atoms with Crippen molar-refractivity contribution in [2.24, 2.45) is 0 Å². The van der Waals surface area contributed by atoms with E-state index in [-0.39, 0.29) is 17.7 Å². The van der Waals surface area contributed by atoms with E-state index < -0.39 is 0 Å². The van der Waals surface area contributed by atoms with Crippen molar-refractivity contribution in [1.82, 2.24) is 20.9 Å². The molecule has 0 unspecified atom stereocenters. The van der Waals surface area contributed by atoms with Gasteiger partial charge >= 0.3 is 0 Å². The summed E-state index contributed by atoms with van der Waals surface area (Å²) in [7, 11) is 0. The molecule has 40 heavy (non-hydrogen) atoms. The molecule has 0 bridgehead atoms. The fourth-order valence-corrected chi connectivity index (χ4v) is 3.71. The van der Waals surface area contributed by atoms with Crippen molar-refractivity contribution < 1.29 is 14.4 Å². The van der Waals surface area contributed by atoms with Crippen LogP contribution in [0.2, 0.25) is 0 Å². The number of hydrogen-bond donors (Lipinski definition) is 3. The third kappa shape index (κ3) is 8.81. The molecule has 0 radical (unpaired) electrons. The minimum absolute atomic E-state index is 0.271. The minimum atomic E-state index is -0.271. The van der Waals surface area contributed by atoms with Crippen LogP contribution in [-0.2, 0) is 0 Å². The molecule has 10 nitrogen and oxygen atoms in total. The van der Waals surface area contributed by atoms with Crippen LogP contribution in [0.1, 0.15) is 47.8 Å². The van der Waals surface area contributed by atoms with E-state index in [4.69, 9.17) is 15.8 Å². The molecule has 0 aliphatic carbocycles. The molecule has 3 amide bonds. The second kappa shape index (κ2) is 15.0. The van der Waals surface area contributed by atoms with Crippen LogP contribution in [0, 0.1) is 34.0 Å². The van der Waals surface area contributed by atoms with Gasteiger partial charge in [0.1, 0.15) is 0 Å². The molecule has 0 saturated carbocycles. The molecule has 10 heteroatoms. The smallest absolute Gasteiger partial charge is 0.251 e. The van der Waals surface area contributed by atoms with Gasteiger partial charge in [-0.2, -0.15) is 15.8 Å². The second-order valence-electron chi connectivity index (χ2n) is 8.68. The molecule has 0 atom stereocenters. The highest BCUT2D eigenvalue weighted by atomic mass is 16.2. The number of rotatable bonds is 12. The van der Waals surface area contributed by atoms with Gasteiger partial charge in [0.25, 0.3) is 17.7 Å². The first-order chi connectivity index (χ1) is 19.4. The summed E-state index contributed by atoms with van der Waals surface area (Å²) in [6, 6.07) is 25.0. The van der Waals surface area contributed by atoms with Gasteiger partial charge < -0.3 is 16.0 Å². The minimum Gasteiger partial charge on any atom is -0.351 e. The SMILES string of the molecule is N#Cc1ccc(C(=O)NCCN(CCNC(=O)c2ccc(C#N)cc2)CCNC(=O)c2ccc(C#N)cc2)cc1. The predicted molar refractivity (Wildman–Crippen MR) is 147 cm³/mol. The molecule has 3 aromatic rings. The van der Waals surface area contributed by atoms with Crippen LogP contribution >= 0.6 is 0 Å². The van der Waals surface area contributed by atoms with Gasteiger partial charge in [0.05, 0.1) is 34.9 Å². The highest BCUT2D eigenvalue weighted by Crippen LogP contribution is 2.05. The first-order valence-electron chi connectivity index (χ1n) is 12.5. The summed E-state index contributed by atoms with van der Waals surface area (Å²) in [6.07, 6.45) is 0. The first kappa shape index (κ1) is 29.1. The van der Waals surface area contributed by atoms with Crippen molar-refractivity contribution >= 4 is 17.7 Å². The molecule has 200 valence electrons. The Bertz CT molecular complexity index is 1270. The number of nitrogens with zero attached hydrogens (tertiary/aromatic N) is 4. The van der Waals surface area contributed by atoms with Crippen LogP contribution in [0.5, 0.6) is 0 Å². The van der Waals surface area contributed by atoms with E-state index in [9.17, 15) is 14.4 Å². The Hall–Kier alpha value is -5.50. The number of amides is 3. The van der Waals surface area contributed by atoms with Crippen LogP contribution in [0.3, 0.4) is 0 Å². The third-order valence-corrected chi connectivity index (χ3v) is 5.97. The van der Waals surface area contributed by atoms with Crippen LogP contribution in [0.25, 0.3) is 0 Å². The van der Waals surface area contributed by atoms with E-state index >= 15 is 0 Å². The molecule has 0 saturated heterocycles. The quantitative estimate of drug-likeness (QED) is 0.321. The molecular formula is C30H27N7O3. The van der Waals surface area contributed by atoms with E-state index in [0.717, 1.165) is 0 Å². The zero-order valence-corrected chi connectivity index (χ0v) is 21.7. The number of nitriles is 3. The average Bonchev–Trinajstić information content (AvgIpc) is 3.00. The van der Waals surface area contributed by atoms with Crippen molar-refractivity contribution in [1.29, 1.82) is 15.8 Å². The molecule has 3 aromatic carbocycles. The zero-order chi connectivity index (χ0) is 28.7. The van der Waals surface area contributed by atoms with Crippen LogP contribution in [-0.4, -0.2) is 61.9 Å². The topological polar surface area (TPSA) is 162 Å². The fourth-order valence-electron chi connectivity index (χ4n) is 3.71. The van der Waals surface area contributed by atoms with Gasteiger partial charge in [0.15, 0.2) is 0 Å². The monoisotopic (exact) mass is 533 g/mol. The standard InChI is InChI=1S/C30H27N7O3/c31-19-22-1-7-25(8-2-22)28(38)34-13-16-37(17-14-35-29(39)26-9-3-23(20-32)4-10-26)18-15-36-30(40)27-11-5-24(21-33)6-12-27/h1-12H,13-18H2,(H,34,38)(H,35,39)(H,36,40). The summed E-state index contributed by atoms with van der Waals surface area (Å²) >= 11 is 0. The number of carbonyl (C=O) groups is 3. The van der Waals surface area contributed by atoms with Gasteiger partial charge in [-0.25, -0.2) is 0 Å². The lowest BCUT2D eigenvalue weighted by atomic mass is 10.1. The van der Waals surface area contributed by atoms with E-state index in [2.05, 4.69) is 16.0 Å².